The van der Waals surface area contributed by atoms with E-state index in [0.29, 0.717) is 0 Å². The quantitative estimate of drug-likeness (QED) is 0.531. The highest BCUT2D eigenvalue weighted by Gasteiger charge is 2.51. The van der Waals surface area contributed by atoms with E-state index < -0.39 is 0 Å². The van der Waals surface area contributed by atoms with E-state index in [2.05, 4.69) is 6.92 Å². The Kier molecular flexibility index (Phi) is 1.12. The van der Waals surface area contributed by atoms with Gasteiger partial charge in [-0.15, -0.1) is 0 Å². The van der Waals surface area contributed by atoms with Crippen LogP contribution in [0.3, 0.4) is 0 Å². The largest absolute Gasteiger partial charge is 0.0654 e. The maximum absolute atomic E-state index is 2.30. The van der Waals surface area contributed by atoms with Crippen molar-refractivity contribution in [3.05, 3.63) is 0 Å². The first-order valence-electron chi connectivity index (χ1n) is 4.35. The second-order valence-corrected chi connectivity index (χ2v) is 4.06. The molecule has 0 amide bonds. The summed E-state index contributed by atoms with van der Waals surface area (Å²) < 4.78 is 0. The fourth-order valence-electron chi connectivity index (χ4n) is 2.36. The monoisotopic (exact) mass is 124 g/mol. The van der Waals surface area contributed by atoms with Gasteiger partial charge in [0.15, 0.2) is 0 Å². The average Bonchev–Trinajstić information content (AvgIpc) is 2.45. The van der Waals surface area contributed by atoms with Crippen molar-refractivity contribution >= 4 is 0 Å². The van der Waals surface area contributed by atoms with Gasteiger partial charge in [-0.2, -0.15) is 0 Å². The smallest absolute Gasteiger partial charge is 0.0292 e. The van der Waals surface area contributed by atoms with Crippen molar-refractivity contribution in [1.82, 2.24) is 0 Å². The molecule has 0 radical (unpaired) electrons. The molecule has 0 aromatic rings. The molecule has 0 unspecified atom stereocenters. The van der Waals surface area contributed by atoms with Gasteiger partial charge < -0.3 is 0 Å². The molecule has 0 atom stereocenters. The molecule has 0 aliphatic heterocycles. The predicted molar refractivity (Wildman–Crippen MR) is 39.3 cm³/mol. The van der Waals surface area contributed by atoms with E-state index in [1.807, 2.05) is 0 Å². The molecule has 0 nitrogen and oxygen atoms in total. The summed E-state index contributed by atoms with van der Waals surface area (Å²) in [7, 11) is 0. The highest BCUT2D eigenvalue weighted by molar-refractivity contribution is 5.03. The molecular formula is C9H16. The van der Waals surface area contributed by atoms with Crippen LogP contribution >= 0.6 is 0 Å². The van der Waals surface area contributed by atoms with Gasteiger partial charge in [-0.1, -0.05) is 19.8 Å². The van der Waals surface area contributed by atoms with Crippen LogP contribution in [0.1, 0.15) is 45.4 Å². The lowest BCUT2D eigenvalue weighted by molar-refractivity contribution is 0.157. The first-order valence-corrected chi connectivity index (χ1v) is 4.35. The zero-order valence-corrected chi connectivity index (χ0v) is 6.32. The average molecular weight is 124 g/mol. The molecule has 52 valence electrons. The molecule has 0 bridgehead atoms. The zero-order chi connectivity index (χ0) is 6.32. The second kappa shape index (κ2) is 1.74. The second-order valence-electron chi connectivity index (χ2n) is 4.06. The standard InChI is InChI=1S/C9H16/c1-2-3-8-6-9(7-8)4-5-9/h8H,2-7H2,1H3. The van der Waals surface area contributed by atoms with Crippen LogP contribution in [-0.4, -0.2) is 0 Å². The highest BCUT2D eigenvalue weighted by atomic mass is 14.6. The topological polar surface area (TPSA) is 0 Å². The third kappa shape index (κ3) is 0.889. The van der Waals surface area contributed by atoms with E-state index in [4.69, 9.17) is 0 Å². The minimum atomic E-state index is 0.944. The molecule has 0 heteroatoms. The fourth-order valence-corrected chi connectivity index (χ4v) is 2.36. The predicted octanol–water partition coefficient (Wildman–Crippen LogP) is 2.98. The lowest BCUT2D eigenvalue weighted by atomic mass is 9.70. The summed E-state index contributed by atoms with van der Waals surface area (Å²) in [6.07, 6.45) is 9.20. The minimum Gasteiger partial charge on any atom is -0.0654 e. The zero-order valence-electron chi connectivity index (χ0n) is 6.32. The van der Waals surface area contributed by atoms with Crippen LogP contribution < -0.4 is 0 Å². The summed E-state index contributed by atoms with van der Waals surface area (Å²) in [6, 6.07) is 0. The van der Waals surface area contributed by atoms with E-state index in [-0.39, 0.29) is 0 Å². The summed E-state index contributed by atoms with van der Waals surface area (Å²) in [5.41, 5.74) is 0.944. The molecule has 0 heterocycles. The van der Waals surface area contributed by atoms with Gasteiger partial charge in [0, 0.05) is 0 Å². The Balaban J connectivity index is 1.71. The maximum atomic E-state index is 2.30. The molecule has 9 heavy (non-hydrogen) atoms. The molecule has 2 aliphatic rings. The van der Waals surface area contributed by atoms with Crippen molar-refractivity contribution in [2.75, 3.05) is 0 Å². The van der Waals surface area contributed by atoms with Gasteiger partial charge in [-0.05, 0) is 37.0 Å². The summed E-state index contributed by atoms with van der Waals surface area (Å²) in [5, 5.41) is 0. The Hall–Kier alpha value is 0. The van der Waals surface area contributed by atoms with Crippen molar-refractivity contribution in [2.45, 2.75) is 45.4 Å². The number of rotatable bonds is 2. The fraction of sp³-hybridized carbons (Fsp3) is 1.00. The first-order chi connectivity index (χ1) is 4.35. The Morgan fingerprint density at radius 1 is 1.33 bits per heavy atom. The maximum Gasteiger partial charge on any atom is -0.0292 e. The van der Waals surface area contributed by atoms with Gasteiger partial charge in [0.2, 0.25) is 0 Å². The first kappa shape index (κ1) is 5.76. The Bertz CT molecular complexity index is 103. The molecule has 0 N–H and O–H groups in total. The molecular weight excluding hydrogens is 108 g/mol. The van der Waals surface area contributed by atoms with E-state index in [1.54, 1.807) is 25.7 Å². The number of hydrogen-bond donors (Lipinski definition) is 0. The molecule has 0 aromatic heterocycles. The van der Waals surface area contributed by atoms with Crippen molar-refractivity contribution in [3.63, 3.8) is 0 Å². The van der Waals surface area contributed by atoms with Gasteiger partial charge >= 0.3 is 0 Å². The van der Waals surface area contributed by atoms with Crippen LogP contribution in [0.25, 0.3) is 0 Å². The van der Waals surface area contributed by atoms with Crippen molar-refractivity contribution < 1.29 is 0 Å². The van der Waals surface area contributed by atoms with E-state index in [0.717, 1.165) is 11.3 Å². The van der Waals surface area contributed by atoms with E-state index in [1.165, 1.54) is 12.8 Å². The molecule has 1 spiro atoms. The Morgan fingerprint density at radius 2 is 2.00 bits per heavy atom. The summed E-state index contributed by atoms with van der Waals surface area (Å²) >= 11 is 0. The normalized spacial score (nSPS) is 30.3. The summed E-state index contributed by atoms with van der Waals surface area (Å²) in [4.78, 5) is 0. The molecule has 2 saturated carbocycles. The van der Waals surface area contributed by atoms with Crippen LogP contribution in [-0.2, 0) is 0 Å². The van der Waals surface area contributed by atoms with Gasteiger partial charge in [0.1, 0.15) is 0 Å². The van der Waals surface area contributed by atoms with Gasteiger partial charge in [0.25, 0.3) is 0 Å². The van der Waals surface area contributed by atoms with Crippen LogP contribution in [0.5, 0.6) is 0 Å². The van der Waals surface area contributed by atoms with Crippen LogP contribution in [0.2, 0.25) is 0 Å². The van der Waals surface area contributed by atoms with E-state index in [9.17, 15) is 0 Å². The third-order valence-corrected chi connectivity index (χ3v) is 3.10. The lowest BCUT2D eigenvalue weighted by Crippen LogP contribution is -2.24. The van der Waals surface area contributed by atoms with Crippen LogP contribution in [0.4, 0.5) is 0 Å². The van der Waals surface area contributed by atoms with Crippen LogP contribution in [0.15, 0.2) is 0 Å². The van der Waals surface area contributed by atoms with Gasteiger partial charge in [-0.25, -0.2) is 0 Å². The van der Waals surface area contributed by atoms with Crippen molar-refractivity contribution in [1.29, 1.82) is 0 Å². The number of hydrogen-bond acceptors (Lipinski definition) is 0. The summed E-state index contributed by atoms with van der Waals surface area (Å²) in [6.45, 7) is 2.30. The lowest BCUT2D eigenvalue weighted by Gasteiger charge is -2.35. The minimum absolute atomic E-state index is 0.944. The Labute approximate surface area is 57.6 Å². The summed E-state index contributed by atoms with van der Waals surface area (Å²) in [5.74, 6) is 1.14. The van der Waals surface area contributed by atoms with Crippen LogP contribution in [0, 0.1) is 11.3 Å². The van der Waals surface area contributed by atoms with Crippen molar-refractivity contribution in [2.24, 2.45) is 11.3 Å². The SMILES string of the molecule is CCCC1CC2(CC2)C1. The van der Waals surface area contributed by atoms with Crippen molar-refractivity contribution in [3.8, 4) is 0 Å². The van der Waals surface area contributed by atoms with Gasteiger partial charge in [-0.3, -0.25) is 0 Å². The van der Waals surface area contributed by atoms with Gasteiger partial charge in [0.05, 0.1) is 0 Å². The third-order valence-electron chi connectivity index (χ3n) is 3.10. The Morgan fingerprint density at radius 3 is 2.44 bits per heavy atom. The van der Waals surface area contributed by atoms with E-state index >= 15 is 0 Å². The molecule has 0 aromatic carbocycles. The molecule has 2 fully saturated rings. The highest BCUT2D eigenvalue weighted by Crippen LogP contribution is 2.64. The molecule has 2 rings (SSSR count). The molecule has 2 aliphatic carbocycles. The molecule has 0 saturated heterocycles.